The molecule has 10 aromatic carbocycles. The zero-order valence-electron chi connectivity index (χ0n) is 50.0. The maximum absolute atomic E-state index is 16.1. The van der Waals surface area contributed by atoms with Crippen LogP contribution in [0.5, 0.6) is 0 Å². The molecule has 0 spiro atoms. The molecule has 0 saturated carbocycles. The minimum atomic E-state index is -4.92. The van der Waals surface area contributed by atoms with Crippen molar-refractivity contribution in [1.82, 2.24) is 29.1 Å². The van der Waals surface area contributed by atoms with Gasteiger partial charge in [-0.3, -0.25) is 19.9 Å². The summed E-state index contributed by atoms with van der Waals surface area (Å²) in [5.41, 5.74) is 15.6. The van der Waals surface area contributed by atoms with E-state index in [4.69, 9.17) is 26.5 Å². The van der Waals surface area contributed by atoms with Crippen molar-refractivity contribution in [3.63, 3.8) is 0 Å². The second kappa shape index (κ2) is 23.2. The van der Waals surface area contributed by atoms with E-state index in [1.165, 1.54) is 12.1 Å². The molecule has 6 heterocycles. The van der Waals surface area contributed by atoms with E-state index in [1.807, 2.05) is 199 Å². The van der Waals surface area contributed by atoms with E-state index >= 15 is 13.2 Å². The molecule has 0 N–H and O–H groups in total. The Morgan fingerprint density at radius 1 is 0.309 bits per heavy atom. The molecule has 0 aliphatic heterocycles. The van der Waals surface area contributed by atoms with Gasteiger partial charge in [-0.25, -0.2) is 9.69 Å². The van der Waals surface area contributed by atoms with Crippen molar-refractivity contribution in [3.8, 4) is 112 Å². The van der Waals surface area contributed by atoms with Crippen molar-refractivity contribution >= 4 is 55.0 Å². The van der Waals surface area contributed by atoms with Crippen LogP contribution in [0.4, 0.5) is 24.5 Å². The Hall–Kier alpha value is -12.8. The van der Waals surface area contributed by atoms with Gasteiger partial charge in [0.2, 0.25) is 5.69 Å². The third-order valence-electron chi connectivity index (χ3n) is 17.6. The fourth-order valence-corrected chi connectivity index (χ4v) is 13.2. The van der Waals surface area contributed by atoms with Gasteiger partial charge in [0.15, 0.2) is 5.69 Å². The van der Waals surface area contributed by atoms with E-state index in [2.05, 4.69) is 62.8 Å². The van der Waals surface area contributed by atoms with Crippen molar-refractivity contribution in [1.29, 1.82) is 0 Å². The fourth-order valence-electron chi connectivity index (χ4n) is 13.2. The Labute approximate surface area is 538 Å². The highest BCUT2D eigenvalue weighted by Gasteiger charge is 2.37. The zero-order valence-corrected chi connectivity index (χ0v) is 50.0. The Bertz CT molecular complexity index is 5470. The number of fused-ring (bicyclic) bond motifs is 6. The number of halogens is 3. The lowest BCUT2D eigenvalue weighted by Gasteiger charge is -2.23. The summed E-state index contributed by atoms with van der Waals surface area (Å²) < 4.78 is 52.2. The van der Waals surface area contributed by atoms with Crippen LogP contribution in [0.3, 0.4) is 0 Å². The largest absolute Gasteiger partial charge is 0.415 e. The smallest absolute Gasteiger partial charge is 0.319 e. The lowest BCUT2D eigenvalue weighted by molar-refractivity contribution is -0.137. The van der Waals surface area contributed by atoms with Crippen LogP contribution in [0.2, 0.25) is 0 Å². The number of benzene rings is 10. The topological polar surface area (TPSA) is 70.1 Å². The van der Waals surface area contributed by atoms with Crippen LogP contribution < -0.4 is 0 Å². The molecule has 0 unspecified atom stereocenters. The summed E-state index contributed by atoms with van der Waals surface area (Å²) in [6, 6.07) is 87.8. The molecular formula is C83H49F3N8. The molecule has 94 heavy (non-hydrogen) atoms. The third-order valence-corrected chi connectivity index (χ3v) is 17.6. The zero-order chi connectivity index (χ0) is 63.4. The summed E-state index contributed by atoms with van der Waals surface area (Å²) in [6.07, 6.45) is 2.24. The predicted octanol–water partition coefficient (Wildman–Crippen LogP) is 22.6. The van der Waals surface area contributed by atoms with Crippen molar-refractivity contribution in [3.05, 3.63) is 326 Å². The Balaban J connectivity index is 1.03. The van der Waals surface area contributed by atoms with Crippen LogP contribution in [0.15, 0.2) is 298 Å². The number of aromatic nitrogens is 6. The van der Waals surface area contributed by atoms with Crippen LogP contribution in [-0.4, -0.2) is 29.1 Å². The molecule has 6 aromatic heterocycles. The minimum absolute atomic E-state index is 0.0470. The number of hydrogen-bond donors (Lipinski definition) is 0. The summed E-state index contributed by atoms with van der Waals surface area (Å²) in [5, 5.41) is 3.34. The molecule has 16 aromatic rings. The van der Waals surface area contributed by atoms with Crippen molar-refractivity contribution in [2.75, 3.05) is 0 Å². The molecule has 0 aliphatic carbocycles. The van der Waals surface area contributed by atoms with Crippen LogP contribution in [0.25, 0.3) is 165 Å². The van der Waals surface area contributed by atoms with Crippen molar-refractivity contribution < 1.29 is 13.2 Å². The highest BCUT2D eigenvalue weighted by atomic mass is 19.4. The second-order valence-electron chi connectivity index (χ2n) is 23.0. The average Bonchev–Trinajstić information content (AvgIpc) is 1.51. The van der Waals surface area contributed by atoms with Gasteiger partial charge in [-0.2, -0.15) is 13.2 Å². The lowest BCUT2D eigenvalue weighted by Crippen LogP contribution is -2.09. The van der Waals surface area contributed by atoms with E-state index in [0.29, 0.717) is 16.7 Å². The summed E-state index contributed by atoms with van der Waals surface area (Å²) in [5.74, 6) is 0. The second-order valence-corrected chi connectivity index (χ2v) is 23.0. The lowest BCUT2D eigenvalue weighted by atomic mass is 9.94. The standard InChI is InChI=1S/C83H49F3N8/c1-87-70-25-15-24-69(83(84,85)86)80(70)68-34-35-75(93-76-48-56(60-36-40-89-71(44-60)52-16-7-3-8-17-52)26-30-64(76)65-31-27-57(49-77(65)93)61-37-41-90-72(45-61)53-18-9-4-10-19-53)81(88-2)82(68)94-78-50-58(62-38-42-91-73(46-62)54-20-11-5-12-21-54)28-32-66(78)67-33-29-59(51-79(67)94)63-39-43-92-74(47-63)55-22-13-6-14-23-55/h3-51H. The first-order chi connectivity index (χ1) is 46.1. The molecular weight excluding hydrogens is 1170 g/mol. The first-order valence-corrected chi connectivity index (χ1v) is 30.5. The highest BCUT2D eigenvalue weighted by Crippen LogP contribution is 2.52. The predicted molar refractivity (Wildman–Crippen MR) is 373 cm³/mol. The monoisotopic (exact) mass is 1210 g/mol. The van der Waals surface area contributed by atoms with Gasteiger partial charge in [0.25, 0.3) is 0 Å². The molecule has 0 atom stereocenters. The molecule has 8 nitrogen and oxygen atoms in total. The van der Waals surface area contributed by atoms with Gasteiger partial charge >= 0.3 is 6.18 Å². The first kappa shape index (κ1) is 56.4. The molecule has 11 heteroatoms. The molecule has 0 saturated heterocycles. The molecule has 0 fully saturated rings. The summed E-state index contributed by atoms with van der Waals surface area (Å²) >= 11 is 0. The maximum atomic E-state index is 16.1. The third kappa shape index (κ3) is 9.98. The van der Waals surface area contributed by atoms with Gasteiger partial charge < -0.3 is 9.13 Å². The Morgan fingerprint density at radius 2 is 0.649 bits per heavy atom. The fraction of sp³-hybridized carbons (Fsp3) is 0.0120. The highest BCUT2D eigenvalue weighted by molar-refractivity contribution is 6.15. The van der Waals surface area contributed by atoms with Crippen LogP contribution in [0.1, 0.15) is 5.56 Å². The number of nitrogens with zero attached hydrogens (tertiary/aromatic N) is 8. The van der Waals surface area contributed by atoms with E-state index in [-0.39, 0.29) is 28.2 Å². The molecule has 442 valence electrons. The average molecular weight is 1220 g/mol. The number of hydrogen-bond acceptors (Lipinski definition) is 4. The summed E-state index contributed by atoms with van der Waals surface area (Å²) in [6.45, 7) is 18.3. The maximum Gasteiger partial charge on any atom is 0.415 e. The molecule has 0 aliphatic rings. The van der Waals surface area contributed by atoms with Crippen molar-refractivity contribution in [2.45, 2.75) is 6.18 Å². The van der Waals surface area contributed by atoms with Crippen LogP contribution in [-0.2, 0) is 6.18 Å². The molecule has 0 bridgehead atoms. The number of alkyl halides is 3. The van der Waals surface area contributed by atoms with Gasteiger partial charge in [-0.15, -0.1) is 0 Å². The van der Waals surface area contributed by atoms with Gasteiger partial charge in [0.05, 0.1) is 74.9 Å². The molecule has 16 rings (SSSR count). The first-order valence-electron chi connectivity index (χ1n) is 30.5. The van der Waals surface area contributed by atoms with E-state index in [0.717, 1.165) is 128 Å². The van der Waals surface area contributed by atoms with E-state index in [1.54, 1.807) is 36.9 Å². The SMILES string of the molecule is [C-]#[N+]c1cccc(C(F)(F)F)c1-c1ccc(-n2c3cc(-c4ccnc(-c5ccccc5)c4)ccc3c3ccc(-c4ccnc(-c5ccccc5)c4)cc32)c([N+]#[C-])c1-n1c2cc(-c3ccnc(-c4ccccc4)c3)ccc2c2ccc(-c3ccnc(-c4ccccc4)c3)cc21. The van der Waals surface area contributed by atoms with Crippen LogP contribution in [0, 0.1) is 13.1 Å². The normalized spacial score (nSPS) is 11.5. The number of rotatable bonds is 11. The Morgan fingerprint density at radius 3 is 0.979 bits per heavy atom. The molecule has 0 amide bonds. The quantitative estimate of drug-likeness (QED) is 0.121. The van der Waals surface area contributed by atoms with E-state index in [9.17, 15) is 6.57 Å². The van der Waals surface area contributed by atoms with Gasteiger partial charge in [-0.1, -0.05) is 194 Å². The molecule has 0 radical (unpaired) electrons. The van der Waals surface area contributed by atoms with Crippen LogP contribution >= 0.6 is 0 Å². The number of pyridine rings is 4. The van der Waals surface area contributed by atoms with Gasteiger partial charge in [0, 0.05) is 74.1 Å². The van der Waals surface area contributed by atoms with Gasteiger partial charge in [-0.05, 0) is 129 Å². The summed E-state index contributed by atoms with van der Waals surface area (Å²) in [7, 11) is 0. The Kier molecular flexibility index (Phi) is 13.9. The summed E-state index contributed by atoms with van der Waals surface area (Å²) in [4.78, 5) is 27.4. The minimum Gasteiger partial charge on any atom is -0.319 e. The van der Waals surface area contributed by atoms with Crippen molar-refractivity contribution in [2.24, 2.45) is 0 Å². The van der Waals surface area contributed by atoms with E-state index < -0.39 is 11.7 Å². The van der Waals surface area contributed by atoms with Gasteiger partial charge in [0.1, 0.15) is 0 Å².